The van der Waals surface area contributed by atoms with Crippen LogP contribution in [0.3, 0.4) is 0 Å². The SMILES string of the molecule is CCNC(=NCc1ccc(-n2ccnc2)nc1)NCc1ccc(N2CCCC2=O)cc1. The molecule has 0 saturated carbocycles. The average Bonchev–Trinajstić information content (AvgIpc) is 3.49. The molecule has 0 atom stereocenters. The molecule has 1 aliphatic rings. The van der Waals surface area contributed by atoms with Crippen molar-refractivity contribution in [2.24, 2.45) is 4.99 Å². The number of benzene rings is 1. The molecule has 0 spiro atoms. The molecule has 1 aromatic carbocycles. The second-order valence-corrected chi connectivity index (χ2v) is 7.36. The van der Waals surface area contributed by atoms with Crippen LogP contribution in [0.1, 0.15) is 30.9 Å². The van der Waals surface area contributed by atoms with E-state index in [0.717, 1.165) is 48.1 Å². The molecule has 0 unspecified atom stereocenters. The summed E-state index contributed by atoms with van der Waals surface area (Å²) in [5.41, 5.74) is 3.13. The highest BCUT2D eigenvalue weighted by molar-refractivity contribution is 5.95. The summed E-state index contributed by atoms with van der Waals surface area (Å²) >= 11 is 0. The van der Waals surface area contributed by atoms with E-state index >= 15 is 0 Å². The van der Waals surface area contributed by atoms with Crippen LogP contribution in [0.15, 0.2) is 66.3 Å². The highest BCUT2D eigenvalue weighted by Crippen LogP contribution is 2.21. The zero-order valence-corrected chi connectivity index (χ0v) is 17.7. The molecular weight excluding hydrogens is 390 g/mol. The largest absolute Gasteiger partial charge is 0.357 e. The Morgan fingerprint density at radius 3 is 2.61 bits per heavy atom. The summed E-state index contributed by atoms with van der Waals surface area (Å²) < 4.78 is 1.86. The summed E-state index contributed by atoms with van der Waals surface area (Å²) in [6.45, 7) is 4.81. The third-order valence-corrected chi connectivity index (χ3v) is 5.12. The number of pyridine rings is 1. The van der Waals surface area contributed by atoms with Crippen molar-refractivity contribution in [2.45, 2.75) is 32.9 Å². The van der Waals surface area contributed by atoms with Crippen molar-refractivity contribution in [3.63, 3.8) is 0 Å². The topological polar surface area (TPSA) is 87.4 Å². The molecule has 0 aliphatic carbocycles. The minimum absolute atomic E-state index is 0.208. The third-order valence-electron chi connectivity index (χ3n) is 5.12. The first kappa shape index (κ1) is 20.6. The number of carbonyl (C=O) groups excluding carboxylic acids is 1. The summed E-state index contributed by atoms with van der Waals surface area (Å²) in [5.74, 6) is 1.79. The van der Waals surface area contributed by atoms with E-state index in [9.17, 15) is 4.79 Å². The minimum atomic E-state index is 0.208. The van der Waals surface area contributed by atoms with Gasteiger partial charge in [-0.2, -0.15) is 0 Å². The first-order valence-electron chi connectivity index (χ1n) is 10.6. The van der Waals surface area contributed by atoms with Crippen molar-refractivity contribution in [1.29, 1.82) is 0 Å². The van der Waals surface area contributed by atoms with Crippen LogP contribution in [0.25, 0.3) is 5.82 Å². The molecule has 2 aromatic heterocycles. The number of hydrogen-bond acceptors (Lipinski definition) is 4. The number of aliphatic imine (C=N–C) groups is 1. The Balaban J connectivity index is 1.34. The minimum Gasteiger partial charge on any atom is -0.357 e. The summed E-state index contributed by atoms with van der Waals surface area (Å²) in [6.07, 6.45) is 8.74. The van der Waals surface area contributed by atoms with Gasteiger partial charge >= 0.3 is 0 Å². The molecule has 3 heterocycles. The van der Waals surface area contributed by atoms with Crippen molar-refractivity contribution in [3.8, 4) is 5.82 Å². The third kappa shape index (κ3) is 5.28. The molecule has 31 heavy (non-hydrogen) atoms. The lowest BCUT2D eigenvalue weighted by molar-refractivity contribution is -0.117. The normalized spacial score (nSPS) is 14.2. The van der Waals surface area contributed by atoms with E-state index in [1.807, 2.05) is 53.0 Å². The Kier molecular flexibility index (Phi) is 6.56. The van der Waals surface area contributed by atoms with E-state index in [1.165, 1.54) is 0 Å². The van der Waals surface area contributed by atoms with Gasteiger partial charge in [0.1, 0.15) is 12.1 Å². The fourth-order valence-corrected chi connectivity index (χ4v) is 3.47. The van der Waals surface area contributed by atoms with Gasteiger partial charge in [0.05, 0.1) is 6.54 Å². The predicted molar refractivity (Wildman–Crippen MR) is 121 cm³/mol. The first-order valence-corrected chi connectivity index (χ1v) is 10.6. The molecule has 3 aromatic rings. The van der Waals surface area contributed by atoms with Gasteiger partial charge in [0.2, 0.25) is 5.91 Å². The number of carbonyl (C=O) groups is 1. The highest BCUT2D eigenvalue weighted by Gasteiger charge is 2.21. The van der Waals surface area contributed by atoms with Crippen LogP contribution in [-0.2, 0) is 17.9 Å². The molecule has 0 bridgehead atoms. The van der Waals surface area contributed by atoms with Crippen molar-refractivity contribution in [2.75, 3.05) is 18.0 Å². The molecule has 8 nitrogen and oxygen atoms in total. The number of guanidine groups is 1. The molecule has 1 amide bonds. The Bertz CT molecular complexity index is 1010. The zero-order chi connectivity index (χ0) is 21.5. The molecule has 1 aliphatic heterocycles. The predicted octanol–water partition coefficient (Wildman–Crippen LogP) is 2.65. The maximum Gasteiger partial charge on any atom is 0.227 e. The lowest BCUT2D eigenvalue weighted by Crippen LogP contribution is -2.36. The van der Waals surface area contributed by atoms with Gasteiger partial charge in [-0.3, -0.25) is 9.36 Å². The second-order valence-electron chi connectivity index (χ2n) is 7.36. The van der Waals surface area contributed by atoms with Gasteiger partial charge in [-0.05, 0) is 42.7 Å². The van der Waals surface area contributed by atoms with Gasteiger partial charge in [-0.1, -0.05) is 18.2 Å². The Labute approximate surface area is 182 Å². The Morgan fingerprint density at radius 2 is 1.97 bits per heavy atom. The number of nitrogens with one attached hydrogen (secondary N) is 2. The maximum absolute atomic E-state index is 11.9. The zero-order valence-electron chi connectivity index (χ0n) is 17.7. The van der Waals surface area contributed by atoms with Crippen LogP contribution in [-0.4, -0.2) is 39.5 Å². The van der Waals surface area contributed by atoms with E-state index in [1.54, 1.807) is 12.5 Å². The van der Waals surface area contributed by atoms with Crippen molar-refractivity contribution in [1.82, 2.24) is 25.2 Å². The molecule has 1 saturated heterocycles. The number of nitrogens with zero attached hydrogens (tertiary/aromatic N) is 5. The van der Waals surface area contributed by atoms with Crippen LogP contribution in [0, 0.1) is 0 Å². The maximum atomic E-state index is 11.9. The fraction of sp³-hybridized carbons (Fsp3) is 0.304. The van der Waals surface area contributed by atoms with Crippen LogP contribution >= 0.6 is 0 Å². The van der Waals surface area contributed by atoms with E-state index in [0.29, 0.717) is 19.5 Å². The van der Waals surface area contributed by atoms with Crippen LogP contribution in [0.5, 0.6) is 0 Å². The van der Waals surface area contributed by atoms with E-state index in [2.05, 4.69) is 37.7 Å². The van der Waals surface area contributed by atoms with Gasteiger partial charge in [-0.15, -0.1) is 0 Å². The molecule has 1 fully saturated rings. The number of aromatic nitrogens is 3. The van der Waals surface area contributed by atoms with Gasteiger partial charge < -0.3 is 15.5 Å². The smallest absolute Gasteiger partial charge is 0.227 e. The number of amides is 1. The van der Waals surface area contributed by atoms with Gasteiger partial charge in [0, 0.05) is 50.3 Å². The lowest BCUT2D eigenvalue weighted by Gasteiger charge is -2.16. The summed E-state index contributed by atoms with van der Waals surface area (Å²) in [4.78, 5) is 26.9. The molecule has 160 valence electrons. The van der Waals surface area contributed by atoms with Crippen molar-refractivity contribution in [3.05, 3.63) is 72.4 Å². The number of anilines is 1. The average molecular weight is 418 g/mol. The first-order chi connectivity index (χ1) is 15.2. The van der Waals surface area contributed by atoms with E-state index in [4.69, 9.17) is 0 Å². The summed E-state index contributed by atoms with van der Waals surface area (Å²) in [5, 5.41) is 6.64. The van der Waals surface area contributed by atoms with Crippen LogP contribution in [0.2, 0.25) is 0 Å². The van der Waals surface area contributed by atoms with E-state index < -0.39 is 0 Å². The van der Waals surface area contributed by atoms with Crippen LogP contribution in [0.4, 0.5) is 5.69 Å². The quantitative estimate of drug-likeness (QED) is 0.456. The fourth-order valence-electron chi connectivity index (χ4n) is 3.47. The molecule has 2 N–H and O–H groups in total. The molecule has 8 heteroatoms. The molecular formula is C23H27N7O. The van der Waals surface area contributed by atoms with Gasteiger partial charge in [0.25, 0.3) is 0 Å². The standard InChI is InChI=1S/C23H27N7O/c1-2-25-23(28-16-19-7-10-21(26-15-19)29-13-11-24-17-29)27-14-18-5-8-20(9-6-18)30-12-3-4-22(30)31/h5-11,13,15,17H,2-4,12,14,16H2,1H3,(H2,25,27,28). The number of imidazole rings is 1. The van der Waals surface area contributed by atoms with Gasteiger partial charge in [-0.25, -0.2) is 15.0 Å². The van der Waals surface area contributed by atoms with Crippen molar-refractivity contribution < 1.29 is 4.79 Å². The lowest BCUT2D eigenvalue weighted by atomic mass is 10.2. The van der Waals surface area contributed by atoms with E-state index in [-0.39, 0.29) is 5.91 Å². The van der Waals surface area contributed by atoms with Crippen LogP contribution < -0.4 is 15.5 Å². The second kappa shape index (κ2) is 9.88. The van der Waals surface area contributed by atoms with Crippen molar-refractivity contribution >= 4 is 17.6 Å². The highest BCUT2D eigenvalue weighted by atomic mass is 16.2. The van der Waals surface area contributed by atoms with Gasteiger partial charge in [0.15, 0.2) is 5.96 Å². The number of rotatable bonds is 7. The molecule has 0 radical (unpaired) electrons. The number of hydrogen-bond donors (Lipinski definition) is 2. The Hall–Kier alpha value is -3.68. The Morgan fingerprint density at radius 1 is 1.13 bits per heavy atom. The monoisotopic (exact) mass is 417 g/mol. The molecule has 4 rings (SSSR count). The summed E-state index contributed by atoms with van der Waals surface area (Å²) in [7, 11) is 0. The summed E-state index contributed by atoms with van der Waals surface area (Å²) in [6, 6.07) is 12.1.